The van der Waals surface area contributed by atoms with Gasteiger partial charge in [-0.05, 0) is 33.3 Å². The van der Waals surface area contributed by atoms with Crippen molar-refractivity contribution >= 4 is 10.2 Å². The summed E-state index contributed by atoms with van der Waals surface area (Å²) in [4.78, 5) is 0. The fraction of sp³-hybridized carbons (Fsp3) is 0.600. The molecule has 0 aliphatic heterocycles. The molecule has 0 saturated heterocycles. The van der Waals surface area contributed by atoms with Crippen LogP contribution >= 0.6 is 0 Å². The van der Waals surface area contributed by atoms with Crippen molar-refractivity contribution in [3.05, 3.63) is 35.4 Å². The van der Waals surface area contributed by atoms with Gasteiger partial charge in [0, 0.05) is 19.8 Å². The Bertz CT molecular complexity index is 358. The van der Waals surface area contributed by atoms with E-state index in [1.807, 2.05) is 20.8 Å². The van der Waals surface area contributed by atoms with Gasteiger partial charge in [0.15, 0.2) is 5.41 Å². The zero-order chi connectivity index (χ0) is 14.3. The third-order valence-electron chi connectivity index (χ3n) is 3.05. The minimum Gasteiger partial charge on any atom is -0.369 e. The lowest BCUT2D eigenvalue weighted by molar-refractivity contribution is -0.238. The molecule has 0 bridgehead atoms. The smallest absolute Gasteiger partial charge is 0.170 e. The molecule has 1 rings (SSSR count). The summed E-state index contributed by atoms with van der Waals surface area (Å²) < 4.78 is 17.7. The highest BCUT2D eigenvalue weighted by Crippen LogP contribution is 2.32. The van der Waals surface area contributed by atoms with Crippen LogP contribution in [0.1, 0.15) is 38.0 Å². The normalized spacial score (nSPS) is 13.7. The predicted octanol–water partition coefficient (Wildman–Crippen LogP) is 2.16. The van der Waals surface area contributed by atoms with E-state index in [-0.39, 0.29) is 6.10 Å². The Morgan fingerprint density at radius 3 is 1.95 bits per heavy atom. The third-order valence-corrected chi connectivity index (χ3v) is 4.15. The Hall–Kier alpha value is -0.683. The molecule has 1 aromatic carbocycles. The zero-order valence-corrected chi connectivity index (χ0v) is 14.7. The van der Waals surface area contributed by atoms with Gasteiger partial charge >= 0.3 is 0 Å². The molecule has 0 radical (unpaired) electrons. The first-order valence-corrected chi connectivity index (χ1v) is 8.03. The number of benzene rings is 1. The summed E-state index contributed by atoms with van der Waals surface area (Å²) in [5, 5.41) is 0. The number of rotatable bonds is 8. The Kier molecular flexibility index (Phi) is 6.72. The molecule has 1 unspecified atom stereocenters. The van der Waals surface area contributed by atoms with Crippen molar-refractivity contribution in [1.82, 2.24) is 0 Å². The Morgan fingerprint density at radius 2 is 1.53 bits per heavy atom. The summed E-state index contributed by atoms with van der Waals surface area (Å²) in [5.74, 6) is 0. The number of hydrogen-bond donors (Lipinski definition) is 0. The molecule has 1 atom stereocenters. The molecular formula is C15H26O3Si. The van der Waals surface area contributed by atoms with E-state index < -0.39 is 5.41 Å². The quantitative estimate of drug-likeness (QED) is 0.540. The molecule has 3 nitrogen and oxygen atoms in total. The van der Waals surface area contributed by atoms with Gasteiger partial charge in [-0.25, -0.2) is 0 Å². The van der Waals surface area contributed by atoms with E-state index in [9.17, 15) is 0 Å². The van der Waals surface area contributed by atoms with Crippen LogP contribution in [0.25, 0.3) is 0 Å². The van der Waals surface area contributed by atoms with Crippen LogP contribution in [0.4, 0.5) is 0 Å². The predicted molar refractivity (Wildman–Crippen MR) is 81.5 cm³/mol. The molecule has 0 aromatic heterocycles. The highest BCUT2D eigenvalue weighted by Gasteiger charge is 2.37. The monoisotopic (exact) mass is 282 g/mol. The first-order chi connectivity index (χ1) is 9.07. The van der Waals surface area contributed by atoms with E-state index in [1.165, 1.54) is 5.56 Å². The third kappa shape index (κ3) is 4.42. The highest BCUT2D eigenvalue weighted by molar-refractivity contribution is 6.14. The first kappa shape index (κ1) is 16.4. The first-order valence-electron chi connectivity index (χ1n) is 7.03. The van der Waals surface area contributed by atoms with Crippen molar-refractivity contribution in [3.63, 3.8) is 0 Å². The van der Waals surface area contributed by atoms with E-state index >= 15 is 0 Å². The lowest BCUT2D eigenvalue weighted by Crippen LogP contribution is -2.44. The van der Waals surface area contributed by atoms with Crippen molar-refractivity contribution in [2.45, 2.75) is 39.2 Å². The largest absolute Gasteiger partial charge is 0.369 e. The maximum absolute atomic E-state index is 5.92. The number of hydrogen-bond acceptors (Lipinski definition) is 3. The van der Waals surface area contributed by atoms with Gasteiger partial charge < -0.3 is 14.2 Å². The molecule has 1 aromatic rings. The SMILES string of the molecule is CCOC(c1ccc(C)cc1)C([SiH3])(OCC)OCC. The van der Waals surface area contributed by atoms with Crippen LogP contribution in [0.15, 0.2) is 24.3 Å². The van der Waals surface area contributed by atoms with E-state index in [2.05, 4.69) is 31.2 Å². The molecule has 0 aliphatic carbocycles. The average molecular weight is 282 g/mol. The lowest BCUT2D eigenvalue weighted by Gasteiger charge is -2.37. The molecule has 0 N–H and O–H groups in total. The van der Waals surface area contributed by atoms with Crippen LogP contribution in [-0.2, 0) is 14.2 Å². The van der Waals surface area contributed by atoms with Gasteiger partial charge in [0.05, 0.1) is 10.2 Å². The minimum atomic E-state index is -0.616. The van der Waals surface area contributed by atoms with Crippen molar-refractivity contribution in [2.24, 2.45) is 0 Å². The van der Waals surface area contributed by atoms with Gasteiger partial charge in [0.1, 0.15) is 6.10 Å². The molecule has 108 valence electrons. The molecule has 0 spiro atoms. The van der Waals surface area contributed by atoms with Gasteiger partial charge in [-0.3, -0.25) is 0 Å². The average Bonchev–Trinajstić information content (AvgIpc) is 2.38. The molecule has 0 saturated carbocycles. The summed E-state index contributed by atoms with van der Waals surface area (Å²) in [6, 6.07) is 8.39. The van der Waals surface area contributed by atoms with Crippen LogP contribution in [-0.4, -0.2) is 35.5 Å². The Labute approximate surface area is 119 Å². The maximum atomic E-state index is 5.92. The summed E-state index contributed by atoms with van der Waals surface area (Å²) in [5.41, 5.74) is 1.74. The number of ether oxygens (including phenoxy) is 3. The van der Waals surface area contributed by atoms with Gasteiger partial charge in [0.25, 0.3) is 0 Å². The van der Waals surface area contributed by atoms with Crippen LogP contribution in [0, 0.1) is 6.92 Å². The molecule has 0 heterocycles. The Balaban J connectivity index is 3.05. The summed E-state index contributed by atoms with van der Waals surface area (Å²) in [7, 11) is 0.749. The van der Waals surface area contributed by atoms with Gasteiger partial charge in [-0.15, -0.1) is 0 Å². The molecule has 0 amide bonds. The zero-order valence-electron chi connectivity index (χ0n) is 12.7. The second-order valence-corrected chi connectivity index (χ2v) is 6.02. The molecule has 0 fully saturated rings. The molecule has 4 heteroatoms. The van der Waals surface area contributed by atoms with Crippen LogP contribution in [0.3, 0.4) is 0 Å². The second kappa shape index (κ2) is 7.80. The van der Waals surface area contributed by atoms with Crippen LogP contribution < -0.4 is 0 Å². The van der Waals surface area contributed by atoms with E-state index in [0.29, 0.717) is 19.8 Å². The summed E-state index contributed by atoms with van der Waals surface area (Å²) >= 11 is 0. The Morgan fingerprint density at radius 1 is 1.00 bits per heavy atom. The van der Waals surface area contributed by atoms with Crippen molar-refractivity contribution in [2.75, 3.05) is 19.8 Å². The standard InChI is InChI=1S/C15H26O3Si/c1-5-16-14(13-10-8-12(4)9-11-13)15(19,17-6-2)18-7-3/h8-11,14H,5-7H2,1-4,19H3. The second-order valence-electron chi connectivity index (χ2n) is 4.63. The summed E-state index contributed by atoms with van der Waals surface area (Å²) in [6.07, 6.45) is -0.162. The van der Waals surface area contributed by atoms with Crippen molar-refractivity contribution in [1.29, 1.82) is 0 Å². The molecule has 19 heavy (non-hydrogen) atoms. The fourth-order valence-corrected chi connectivity index (χ4v) is 3.30. The number of aryl methyl sites for hydroxylation is 1. The molecular weight excluding hydrogens is 256 g/mol. The van der Waals surface area contributed by atoms with Crippen molar-refractivity contribution < 1.29 is 14.2 Å². The van der Waals surface area contributed by atoms with E-state index in [4.69, 9.17) is 14.2 Å². The van der Waals surface area contributed by atoms with E-state index in [0.717, 1.165) is 15.8 Å². The minimum absolute atomic E-state index is 0.162. The topological polar surface area (TPSA) is 27.7 Å². The highest BCUT2D eigenvalue weighted by atomic mass is 28.1. The van der Waals surface area contributed by atoms with Gasteiger partial charge in [-0.1, -0.05) is 29.8 Å². The van der Waals surface area contributed by atoms with Gasteiger partial charge in [-0.2, -0.15) is 0 Å². The van der Waals surface area contributed by atoms with Crippen LogP contribution in [0.5, 0.6) is 0 Å². The lowest BCUT2D eigenvalue weighted by atomic mass is 10.1. The maximum Gasteiger partial charge on any atom is 0.170 e. The van der Waals surface area contributed by atoms with Gasteiger partial charge in [0.2, 0.25) is 0 Å². The van der Waals surface area contributed by atoms with E-state index in [1.54, 1.807) is 0 Å². The van der Waals surface area contributed by atoms with Crippen molar-refractivity contribution in [3.8, 4) is 0 Å². The molecule has 0 aliphatic rings. The van der Waals surface area contributed by atoms with Crippen LogP contribution in [0.2, 0.25) is 0 Å². The summed E-state index contributed by atoms with van der Waals surface area (Å²) in [6.45, 7) is 9.95. The fourth-order valence-electron chi connectivity index (χ4n) is 2.22.